The molecule has 1 fully saturated rings. The van der Waals surface area contributed by atoms with Crippen LogP contribution in [0.15, 0.2) is 52.1 Å². The molecule has 1 unspecified atom stereocenters. The predicted molar refractivity (Wildman–Crippen MR) is 145 cm³/mol. The second-order valence-corrected chi connectivity index (χ2v) is 10.6. The molecule has 0 amide bonds. The molecule has 2 aromatic heterocycles. The normalized spacial score (nSPS) is 16.7. The summed E-state index contributed by atoms with van der Waals surface area (Å²) in [7, 11) is 1.66. The summed E-state index contributed by atoms with van der Waals surface area (Å²) in [4.78, 5) is 16.9. The Morgan fingerprint density at radius 1 is 1.13 bits per heavy atom. The number of ether oxygens (including phenoxy) is 1. The molecule has 1 atom stereocenters. The van der Waals surface area contributed by atoms with E-state index in [1.54, 1.807) is 31.3 Å². The Labute approximate surface area is 237 Å². The molecule has 1 saturated carbocycles. The monoisotopic (exact) mass is 586 g/mol. The summed E-state index contributed by atoms with van der Waals surface area (Å²) in [6, 6.07) is 12.1. The van der Waals surface area contributed by atoms with E-state index < -0.39 is 12.1 Å². The number of rotatable bonds is 8. The number of nitrogens with zero attached hydrogens (tertiary/aromatic N) is 4. The van der Waals surface area contributed by atoms with Gasteiger partial charge in [-0.3, -0.25) is 4.68 Å². The SMILES string of the molecule is Cn1nc(C(=O)O)cc1C1=NOC(c2ccc(OCc3c(-c4c(Cl)cccc4Cl)noc3C3CC3)cc2Cl)C1. The second-order valence-electron chi connectivity index (χ2n) is 9.40. The van der Waals surface area contributed by atoms with Crippen molar-refractivity contribution in [3.8, 4) is 17.0 Å². The van der Waals surface area contributed by atoms with E-state index in [4.69, 9.17) is 48.9 Å². The van der Waals surface area contributed by atoms with Crippen molar-refractivity contribution in [3.05, 3.63) is 85.8 Å². The smallest absolute Gasteiger partial charge is 0.356 e. The lowest BCUT2D eigenvalue weighted by Crippen LogP contribution is -2.07. The van der Waals surface area contributed by atoms with Gasteiger partial charge in [-0.1, -0.05) is 57.2 Å². The standard InChI is InChI=1S/C27H21Cl3N4O5/c1-34-22(10-21(31-34)27(35)36)20-11-23(38-32-20)15-8-7-14(9-19(15)30)37-12-16-25(33-39-26(16)13-5-6-13)24-17(28)3-2-4-18(24)29/h2-4,7-10,13,23H,5-6,11-12H2,1H3,(H,35,36). The molecule has 2 aliphatic rings. The first-order valence-electron chi connectivity index (χ1n) is 12.2. The van der Waals surface area contributed by atoms with Gasteiger partial charge in [-0.2, -0.15) is 5.10 Å². The predicted octanol–water partition coefficient (Wildman–Crippen LogP) is 7.06. The van der Waals surface area contributed by atoms with E-state index in [2.05, 4.69) is 15.4 Å². The number of aromatic nitrogens is 3. The third-order valence-corrected chi connectivity index (χ3v) is 7.69. The number of carbonyl (C=O) groups is 1. The van der Waals surface area contributed by atoms with E-state index in [1.807, 2.05) is 12.1 Å². The summed E-state index contributed by atoms with van der Waals surface area (Å²) in [6.45, 7) is 0.196. The number of carboxylic acids is 1. The first-order chi connectivity index (χ1) is 18.8. The summed E-state index contributed by atoms with van der Waals surface area (Å²) in [5.74, 6) is 0.537. The highest BCUT2D eigenvalue weighted by Crippen LogP contribution is 2.46. The van der Waals surface area contributed by atoms with E-state index in [0.29, 0.717) is 55.8 Å². The maximum absolute atomic E-state index is 11.3. The summed E-state index contributed by atoms with van der Waals surface area (Å²) in [5, 5.41) is 23.1. The highest BCUT2D eigenvalue weighted by atomic mass is 35.5. The number of carboxylic acid groups (broad SMARTS) is 1. The number of halogens is 3. The molecular weight excluding hydrogens is 567 g/mol. The fraction of sp³-hybridized carbons (Fsp3) is 0.259. The molecule has 1 aliphatic carbocycles. The lowest BCUT2D eigenvalue weighted by Gasteiger charge is -2.13. The van der Waals surface area contributed by atoms with Crippen molar-refractivity contribution in [2.75, 3.05) is 0 Å². The van der Waals surface area contributed by atoms with Crippen LogP contribution in [0.2, 0.25) is 15.1 Å². The quantitative estimate of drug-likeness (QED) is 0.235. The van der Waals surface area contributed by atoms with Gasteiger partial charge in [-0.25, -0.2) is 4.79 Å². The topological polar surface area (TPSA) is 112 Å². The Hall–Kier alpha value is -3.53. The van der Waals surface area contributed by atoms with Crippen molar-refractivity contribution in [2.24, 2.45) is 12.2 Å². The van der Waals surface area contributed by atoms with Gasteiger partial charge in [0.25, 0.3) is 0 Å². The molecule has 2 aromatic carbocycles. The lowest BCUT2D eigenvalue weighted by atomic mass is 10.0. The van der Waals surface area contributed by atoms with Gasteiger partial charge in [0.1, 0.15) is 29.5 Å². The molecular formula is C27H21Cl3N4O5. The van der Waals surface area contributed by atoms with Crippen LogP contribution < -0.4 is 4.74 Å². The van der Waals surface area contributed by atoms with Gasteiger partial charge in [0.2, 0.25) is 0 Å². The van der Waals surface area contributed by atoms with Gasteiger partial charge in [0.15, 0.2) is 11.8 Å². The zero-order valence-electron chi connectivity index (χ0n) is 20.5. The van der Waals surface area contributed by atoms with Gasteiger partial charge in [0, 0.05) is 36.6 Å². The van der Waals surface area contributed by atoms with Crippen LogP contribution in [-0.2, 0) is 18.5 Å². The van der Waals surface area contributed by atoms with E-state index >= 15 is 0 Å². The zero-order chi connectivity index (χ0) is 27.3. The molecule has 1 aliphatic heterocycles. The molecule has 0 bridgehead atoms. The van der Waals surface area contributed by atoms with Gasteiger partial charge >= 0.3 is 5.97 Å². The van der Waals surface area contributed by atoms with Gasteiger partial charge in [0.05, 0.1) is 26.3 Å². The number of oxime groups is 1. The molecule has 200 valence electrons. The number of hydrogen-bond donors (Lipinski definition) is 1. The van der Waals surface area contributed by atoms with Crippen LogP contribution in [0.3, 0.4) is 0 Å². The van der Waals surface area contributed by atoms with E-state index in [0.717, 1.165) is 29.7 Å². The van der Waals surface area contributed by atoms with Crippen LogP contribution in [-0.4, -0.2) is 31.7 Å². The highest BCUT2D eigenvalue weighted by molar-refractivity contribution is 6.39. The Balaban J connectivity index is 1.19. The Kier molecular flexibility index (Phi) is 6.74. The Morgan fingerprint density at radius 3 is 2.56 bits per heavy atom. The van der Waals surface area contributed by atoms with Gasteiger partial charge in [-0.15, -0.1) is 0 Å². The number of hydrogen-bond acceptors (Lipinski definition) is 7. The molecule has 3 heterocycles. The van der Waals surface area contributed by atoms with Gasteiger partial charge < -0.3 is 19.2 Å². The maximum Gasteiger partial charge on any atom is 0.356 e. The van der Waals surface area contributed by atoms with E-state index in [-0.39, 0.29) is 12.3 Å². The molecule has 1 N–H and O–H groups in total. The van der Waals surface area contributed by atoms with Crippen LogP contribution in [0.4, 0.5) is 0 Å². The zero-order valence-corrected chi connectivity index (χ0v) is 22.8. The van der Waals surface area contributed by atoms with Crippen molar-refractivity contribution in [1.29, 1.82) is 0 Å². The van der Waals surface area contributed by atoms with Crippen LogP contribution in [0.1, 0.15) is 64.4 Å². The van der Waals surface area contributed by atoms with Crippen molar-refractivity contribution in [3.63, 3.8) is 0 Å². The van der Waals surface area contributed by atoms with Crippen molar-refractivity contribution < 1.29 is 24.0 Å². The molecule has 6 rings (SSSR count). The number of aryl methyl sites for hydroxylation is 1. The summed E-state index contributed by atoms with van der Waals surface area (Å²) >= 11 is 19.5. The van der Waals surface area contributed by atoms with Crippen LogP contribution in [0.5, 0.6) is 5.75 Å². The third kappa shape index (κ3) is 4.97. The first kappa shape index (κ1) is 25.7. The number of benzene rings is 2. The number of aromatic carboxylic acids is 1. The maximum atomic E-state index is 11.3. The molecule has 0 saturated heterocycles. The highest BCUT2D eigenvalue weighted by Gasteiger charge is 2.34. The lowest BCUT2D eigenvalue weighted by molar-refractivity contribution is 0.0689. The Bertz CT molecular complexity index is 1610. The molecule has 4 aromatic rings. The largest absolute Gasteiger partial charge is 0.489 e. The van der Waals surface area contributed by atoms with Gasteiger partial charge in [-0.05, 0) is 37.1 Å². The molecule has 0 radical (unpaired) electrons. The third-order valence-electron chi connectivity index (χ3n) is 6.73. The van der Waals surface area contributed by atoms with Crippen LogP contribution >= 0.6 is 34.8 Å². The average Bonchev–Trinajstić information content (AvgIpc) is 3.28. The van der Waals surface area contributed by atoms with Crippen molar-refractivity contribution in [1.82, 2.24) is 14.9 Å². The van der Waals surface area contributed by atoms with Crippen molar-refractivity contribution in [2.45, 2.75) is 37.9 Å². The summed E-state index contributed by atoms with van der Waals surface area (Å²) < 4.78 is 13.3. The second kappa shape index (κ2) is 10.2. The van der Waals surface area contributed by atoms with Crippen molar-refractivity contribution >= 4 is 46.5 Å². The minimum absolute atomic E-state index is 0.0594. The minimum atomic E-state index is -1.11. The summed E-state index contributed by atoms with van der Waals surface area (Å²) in [5.41, 5.74) is 3.82. The first-order valence-corrected chi connectivity index (χ1v) is 13.3. The van der Waals surface area contributed by atoms with E-state index in [9.17, 15) is 9.90 Å². The molecule has 12 heteroatoms. The summed E-state index contributed by atoms with van der Waals surface area (Å²) in [6.07, 6.45) is 2.03. The minimum Gasteiger partial charge on any atom is -0.489 e. The van der Waals surface area contributed by atoms with Crippen LogP contribution in [0.25, 0.3) is 11.3 Å². The Morgan fingerprint density at radius 2 is 1.90 bits per heavy atom. The molecule has 0 spiro atoms. The fourth-order valence-corrected chi connectivity index (χ4v) is 5.47. The molecule has 9 nitrogen and oxygen atoms in total. The molecule has 39 heavy (non-hydrogen) atoms. The fourth-order valence-electron chi connectivity index (χ4n) is 4.60. The average molecular weight is 588 g/mol. The van der Waals surface area contributed by atoms with Crippen LogP contribution in [0, 0.1) is 0 Å². The van der Waals surface area contributed by atoms with E-state index in [1.165, 1.54) is 10.7 Å².